The molecule has 43 heavy (non-hydrogen) atoms. The number of nitrogen functional groups attached to an aromatic ring is 1. The molecule has 16 nitrogen and oxygen atoms in total. The van der Waals surface area contributed by atoms with Crippen LogP contribution in [-0.4, -0.2) is 95.0 Å². The van der Waals surface area contributed by atoms with E-state index in [0.29, 0.717) is 0 Å². The molecule has 0 saturated carbocycles. The smallest absolute Gasteiger partial charge is 0.352 e. The van der Waals surface area contributed by atoms with Gasteiger partial charge >= 0.3 is 11.9 Å². The van der Waals surface area contributed by atoms with Crippen LogP contribution < -0.4 is 16.4 Å². The molecule has 4 rings (SSSR count). The summed E-state index contributed by atoms with van der Waals surface area (Å²) < 4.78 is 0.0713. The zero-order chi connectivity index (χ0) is 31.8. The van der Waals surface area contributed by atoms with Gasteiger partial charge in [0.1, 0.15) is 22.8 Å². The SMILES string of the molecule is CC(C)(O/N=C(\C(=O)N[C@@H]1C(=O)N2C(C(=O)O)=C(CNC(=O)c3cc(O)c(O)c(Br)c3)CS[C@H]12)c1csc(N)n1)C(=O)O. The molecule has 1 saturated heterocycles. The molecule has 1 fully saturated rings. The van der Waals surface area contributed by atoms with Gasteiger partial charge in [0.25, 0.3) is 17.7 Å². The van der Waals surface area contributed by atoms with Crippen molar-refractivity contribution in [2.24, 2.45) is 5.16 Å². The van der Waals surface area contributed by atoms with Crippen molar-refractivity contribution in [3.05, 3.63) is 44.5 Å². The summed E-state index contributed by atoms with van der Waals surface area (Å²) in [5.74, 6) is -6.06. The highest BCUT2D eigenvalue weighted by atomic mass is 79.9. The summed E-state index contributed by atoms with van der Waals surface area (Å²) in [6, 6.07) is 1.12. The maximum atomic E-state index is 13.2. The molecule has 2 aliphatic heterocycles. The molecule has 19 heteroatoms. The maximum absolute atomic E-state index is 13.2. The Kier molecular flexibility index (Phi) is 8.88. The van der Waals surface area contributed by atoms with Gasteiger partial charge in [0.2, 0.25) is 5.60 Å². The molecule has 8 N–H and O–H groups in total. The van der Waals surface area contributed by atoms with Crippen molar-refractivity contribution in [3.8, 4) is 11.5 Å². The van der Waals surface area contributed by atoms with Crippen LogP contribution in [0.2, 0.25) is 0 Å². The van der Waals surface area contributed by atoms with Crippen molar-refractivity contribution in [1.29, 1.82) is 0 Å². The van der Waals surface area contributed by atoms with Gasteiger partial charge in [-0.2, -0.15) is 0 Å². The minimum absolute atomic E-state index is 0.0150. The van der Waals surface area contributed by atoms with E-state index in [4.69, 9.17) is 10.6 Å². The first-order valence-corrected chi connectivity index (χ1v) is 14.8. The molecule has 3 amide bonds. The number of phenolic OH excluding ortho intramolecular Hbond substituents is 2. The van der Waals surface area contributed by atoms with Crippen LogP contribution >= 0.6 is 39.0 Å². The number of β-lactam (4-membered cyclic amide) rings is 1. The minimum atomic E-state index is -1.80. The van der Waals surface area contributed by atoms with Gasteiger partial charge in [-0.15, -0.1) is 23.1 Å². The van der Waals surface area contributed by atoms with Crippen molar-refractivity contribution < 1.29 is 49.2 Å². The number of fused-ring (bicyclic) bond motifs is 1. The van der Waals surface area contributed by atoms with Crippen LogP contribution in [0, 0.1) is 0 Å². The number of carboxylic acids is 2. The first kappa shape index (κ1) is 31.6. The quantitative estimate of drug-likeness (QED) is 0.0780. The number of carboxylic acid groups (broad SMARTS) is 2. The Bertz CT molecular complexity index is 1580. The maximum Gasteiger partial charge on any atom is 0.352 e. The van der Waals surface area contributed by atoms with Crippen molar-refractivity contribution in [1.82, 2.24) is 20.5 Å². The number of carbonyl (C=O) groups is 5. The second-order valence-electron chi connectivity index (χ2n) is 9.54. The van der Waals surface area contributed by atoms with Gasteiger partial charge in [-0.05, 0) is 47.5 Å². The summed E-state index contributed by atoms with van der Waals surface area (Å²) in [7, 11) is 0. The van der Waals surface area contributed by atoms with Gasteiger partial charge < -0.3 is 41.6 Å². The molecular weight excluding hydrogens is 676 g/mol. The molecule has 0 aliphatic carbocycles. The number of thioether (sulfide) groups is 1. The number of nitrogens with zero attached hydrogens (tertiary/aromatic N) is 3. The van der Waals surface area contributed by atoms with Gasteiger partial charge in [0.15, 0.2) is 22.3 Å². The van der Waals surface area contributed by atoms with E-state index >= 15 is 0 Å². The Morgan fingerprint density at radius 1 is 1.26 bits per heavy atom. The lowest BCUT2D eigenvalue weighted by Gasteiger charge is -2.49. The molecular formula is C24H23BrN6O10S2. The third-order valence-electron chi connectivity index (χ3n) is 6.16. The van der Waals surface area contributed by atoms with Crippen molar-refractivity contribution in [2.75, 3.05) is 18.0 Å². The van der Waals surface area contributed by atoms with E-state index in [1.165, 1.54) is 25.3 Å². The lowest BCUT2D eigenvalue weighted by Crippen LogP contribution is -2.71. The molecule has 0 spiro atoms. The molecule has 0 bridgehead atoms. The number of aliphatic carboxylic acids is 2. The van der Waals surface area contributed by atoms with Crippen LogP contribution in [0.4, 0.5) is 5.13 Å². The first-order chi connectivity index (χ1) is 20.1. The van der Waals surface area contributed by atoms with Crippen LogP contribution in [0.15, 0.2) is 38.4 Å². The third-order valence-corrected chi connectivity index (χ3v) is 8.78. The summed E-state index contributed by atoms with van der Waals surface area (Å²) in [6.45, 7) is 2.17. The Morgan fingerprint density at radius 2 is 1.95 bits per heavy atom. The molecule has 2 aliphatic rings. The number of thiazole rings is 1. The standard InChI is InChI=1S/C24H23BrN6O10S2/c1-24(2,22(39)40)41-30-13(11-7-43-23(26)28-11)18(35)29-14-19(36)31-15(21(37)38)9(6-42-20(14)31)5-27-17(34)8-3-10(25)16(33)12(32)4-8/h3-4,7,14,20,32-33H,5-6H2,1-2H3,(H2,26,28)(H,27,34)(H,29,35)(H,37,38)(H,39,40)/b30-13-/t14-,20-/m1/s1. The number of carbonyl (C=O) groups excluding carboxylic acids is 3. The van der Waals surface area contributed by atoms with Crippen molar-refractivity contribution in [2.45, 2.75) is 30.9 Å². The molecule has 2 aromatic rings. The lowest BCUT2D eigenvalue weighted by molar-refractivity contribution is -0.161. The predicted octanol–water partition coefficient (Wildman–Crippen LogP) is 0.651. The van der Waals surface area contributed by atoms with E-state index in [0.717, 1.165) is 34.1 Å². The summed E-state index contributed by atoms with van der Waals surface area (Å²) in [6.07, 6.45) is 0. The molecule has 2 atom stereocenters. The molecule has 1 aromatic heterocycles. The normalized spacial score (nSPS) is 18.4. The van der Waals surface area contributed by atoms with Crippen molar-refractivity contribution >= 4 is 79.5 Å². The van der Waals surface area contributed by atoms with Gasteiger partial charge in [-0.3, -0.25) is 19.3 Å². The number of aromatic nitrogens is 1. The number of nitrogens with one attached hydrogen (secondary N) is 2. The average Bonchev–Trinajstić information content (AvgIpc) is 3.37. The molecule has 3 heterocycles. The number of halogens is 1. The number of rotatable bonds is 10. The van der Waals surface area contributed by atoms with E-state index in [-0.39, 0.29) is 44.4 Å². The molecule has 228 valence electrons. The van der Waals surface area contributed by atoms with Crippen LogP contribution in [-0.2, 0) is 24.0 Å². The van der Waals surface area contributed by atoms with E-state index in [1.807, 2.05) is 0 Å². The number of benzene rings is 1. The fourth-order valence-corrected chi connectivity index (χ4v) is 6.18. The summed E-state index contributed by atoms with van der Waals surface area (Å²) in [4.78, 5) is 72.5. The van der Waals surface area contributed by atoms with Crippen LogP contribution in [0.5, 0.6) is 11.5 Å². The number of phenols is 2. The highest BCUT2D eigenvalue weighted by Gasteiger charge is 2.54. The van der Waals surface area contributed by atoms with Crippen LogP contribution in [0.1, 0.15) is 29.9 Å². The van der Waals surface area contributed by atoms with Crippen LogP contribution in [0.25, 0.3) is 0 Å². The number of anilines is 1. The fraction of sp³-hybridized carbons (Fsp3) is 0.292. The van der Waals surface area contributed by atoms with E-state index in [2.05, 4.69) is 36.7 Å². The number of amides is 3. The number of nitrogens with two attached hydrogens (primary N) is 1. The Balaban J connectivity index is 1.50. The van der Waals surface area contributed by atoms with E-state index in [9.17, 15) is 44.4 Å². The third kappa shape index (κ3) is 6.37. The monoisotopic (exact) mass is 698 g/mol. The Hall–Kier alpha value is -4.36. The first-order valence-electron chi connectivity index (χ1n) is 12.0. The number of hydrogen-bond donors (Lipinski definition) is 7. The fourth-order valence-electron chi connectivity index (χ4n) is 3.83. The summed E-state index contributed by atoms with van der Waals surface area (Å²) in [5, 5.41) is 48.0. The Morgan fingerprint density at radius 3 is 2.53 bits per heavy atom. The lowest BCUT2D eigenvalue weighted by atomic mass is 10.0. The zero-order valence-electron chi connectivity index (χ0n) is 22.2. The van der Waals surface area contributed by atoms with Gasteiger partial charge in [-0.25, -0.2) is 14.6 Å². The van der Waals surface area contributed by atoms with E-state index in [1.54, 1.807) is 0 Å². The van der Waals surface area contributed by atoms with E-state index < -0.39 is 63.9 Å². The molecule has 0 radical (unpaired) electrons. The summed E-state index contributed by atoms with van der Waals surface area (Å²) >= 11 is 5.14. The number of hydrogen-bond acceptors (Lipinski definition) is 13. The van der Waals surface area contributed by atoms with Crippen LogP contribution in [0.3, 0.4) is 0 Å². The van der Waals surface area contributed by atoms with Gasteiger partial charge in [0.05, 0.1) is 4.47 Å². The second-order valence-corrected chi connectivity index (χ2v) is 12.4. The second kappa shape index (κ2) is 12.1. The minimum Gasteiger partial charge on any atom is -0.504 e. The largest absolute Gasteiger partial charge is 0.504 e. The zero-order valence-corrected chi connectivity index (χ0v) is 25.4. The highest BCUT2D eigenvalue weighted by molar-refractivity contribution is 9.10. The summed E-state index contributed by atoms with van der Waals surface area (Å²) in [5.41, 5.74) is 3.22. The Labute approximate surface area is 258 Å². The molecule has 0 unspecified atom stereocenters. The van der Waals surface area contributed by atoms with Gasteiger partial charge in [0, 0.05) is 23.2 Å². The molecule has 1 aromatic carbocycles. The predicted molar refractivity (Wildman–Crippen MR) is 155 cm³/mol. The van der Waals surface area contributed by atoms with Gasteiger partial charge in [-0.1, -0.05) is 5.16 Å². The highest BCUT2D eigenvalue weighted by Crippen LogP contribution is 2.40. The topological polar surface area (TPSA) is 254 Å². The number of aromatic hydroxyl groups is 2. The average molecular weight is 700 g/mol. The number of oxime groups is 1. The van der Waals surface area contributed by atoms with Crippen molar-refractivity contribution in [3.63, 3.8) is 0 Å².